The van der Waals surface area contributed by atoms with E-state index in [2.05, 4.69) is 13.8 Å². The normalized spacial score (nSPS) is 40.8. The molecule has 0 aliphatic heterocycles. The van der Waals surface area contributed by atoms with Crippen molar-refractivity contribution in [3.8, 4) is 0 Å². The Morgan fingerprint density at radius 1 is 1.18 bits per heavy atom. The number of hydrogen-bond acceptors (Lipinski definition) is 1. The van der Waals surface area contributed by atoms with Crippen molar-refractivity contribution in [3.63, 3.8) is 0 Å². The van der Waals surface area contributed by atoms with Gasteiger partial charge in [0.15, 0.2) is 0 Å². The van der Waals surface area contributed by atoms with Crippen molar-refractivity contribution in [2.45, 2.75) is 39.3 Å². The Morgan fingerprint density at radius 2 is 1.76 bits per heavy atom. The molecule has 0 spiro atoms. The molecule has 0 saturated heterocycles. The number of aliphatic hydroxyl groups is 1. The Hall–Kier alpha value is -1.25. The van der Waals surface area contributed by atoms with Crippen molar-refractivity contribution in [2.75, 3.05) is 0 Å². The topological polar surface area (TPSA) is 20.2 Å². The quantitative estimate of drug-likeness (QED) is 0.571. The average molecular weight is 502 g/mol. The van der Waals surface area contributed by atoms with E-state index in [1.807, 2.05) is 0 Å². The van der Waals surface area contributed by atoms with Crippen LogP contribution in [-0.4, -0.2) is 11.3 Å². The maximum absolute atomic E-state index is 12.2. The van der Waals surface area contributed by atoms with E-state index >= 15 is 0 Å². The third kappa shape index (κ3) is 2.24. The number of aliphatic hydroxyl groups excluding tert-OH is 1. The summed E-state index contributed by atoms with van der Waals surface area (Å²) < 4.78 is 36.7. The Kier molecular flexibility index (Phi) is 3.42. The molecule has 0 aromatic heterocycles. The van der Waals surface area contributed by atoms with Gasteiger partial charge in [0.05, 0.1) is 0 Å². The van der Waals surface area contributed by atoms with E-state index in [0.717, 1.165) is 12.8 Å². The van der Waals surface area contributed by atoms with Gasteiger partial charge in [0.2, 0.25) is 0 Å². The summed E-state index contributed by atoms with van der Waals surface area (Å²) in [5.74, 6) is 2.13. The maximum Gasteiger partial charge on any atom is 0.294 e. The van der Waals surface area contributed by atoms with Crippen LogP contribution in [0.25, 0.3) is 0 Å². The van der Waals surface area contributed by atoms with Crippen LogP contribution in [0.5, 0.6) is 0 Å². The van der Waals surface area contributed by atoms with Crippen LogP contribution in [0.3, 0.4) is 0 Å². The third-order valence-corrected chi connectivity index (χ3v) is 4.82. The molecule has 1 nitrogen and oxygen atoms in total. The van der Waals surface area contributed by atoms with Gasteiger partial charge in [-0.3, -0.25) is 0 Å². The van der Waals surface area contributed by atoms with Gasteiger partial charge < -0.3 is 5.11 Å². The van der Waals surface area contributed by atoms with Crippen molar-refractivity contribution >= 4 is 0 Å². The summed E-state index contributed by atoms with van der Waals surface area (Å²) in [6.07, 6.45) is -4.09. The van der Waals surface area contributed by atoms with Crippen LogP contribution in [0.1, 0.15) is 33.1 Å². The van der Waals surface area contributed by atoms with Crippen LogP contribution < -0.4 is 0 Å². The number of alkyl halides is 3. The second-order valence-electron chi connectivity index (χ2n) is 5.52. The molecule has 2 bridgehead atoms. The van der Waals surface area contributed by atoms with Gasteiger partial charge in [-0.05, 0) is 36.5 Å². The molecule has 2 aliphatic carbocycles. The largest absolute Gasteiger partial charge is 0.554 e. The number of halogens is 3. The Bertz CT molecular complexity index is 267. The molecular weight excluding hydrogens is 484 g/mol. The van der Waals surface area contributed by atoms with Gasteiger partial charge in [-0.1, -0.05) is 25.9 Å². The van der Waals surface area contributed by atoms with Gasteiger partial charge in [-0.2, -0.15) is 0 Å². The molecule has 2 rings (SSSR count). The maximum atomic E-state index is 12.2. The zero-order valence-corrected chi connectivity index (χ0v) is 16.7. The molecule has 5 unspecified atom stereocenters. The first-order valence-electron chi connectivity index (χ1n) is 5.92. The molecule has 96 valence electrons. The molecule has 0 aromatic rings. The van der Waals surface area contributed by atoms with Gasteiger partial charge in [-0.15, -0.1) is 6.42 Å². The number of rotatable bonds is 2. The average Bonchev–Trinajstić information content (AvgIpc) is 2.67. The molecule has 2 fully saturated rings. The molecule has 0 radical (unpaired) electrons. The zero-order chi connectivity index (χ0) is 12.1. The summed E-state index contributed by atoms with van der Waals surface area (Å²) >= 11 is 0. The predicted molar refractivity (Wildman–Crippen MR) is 53.9 cm³/mol. The predicted octanol–water partition coefficient (Wildman–Crippen LogP) is 3.77. The summed E-state index contributed by atoms with van der Waals surface area (Å²) in [7, 11) is 0. The SMILES string of the molecule is CC1C2CC(C[C-](O)C(F)(F)F)C(C2)C1C.[Rf]. The van der Waals surface area contributed by atoms with Crippen molar-refractivity contribution in [2.24, 2.45) is 29.6 Å². The fourth-order valence-electron chi connectivity index (χ4n) is 3.69. The minimum Gasteiger partial charge on any atom is -0.554 e. The van der Waals surface area contributed by atoms with E-state index in [1.165, 1.54) is 0 Å². The van der Waals surface area contributed by atoms with E-state index < -0.39 is 12.3 Å². The molecule has 0 amide bonds. The summed E-state index contributed by atoms with van der Waals surface area (Å²) in [5.41, 5.74) is 0. The summed E-state index contributed by atoms with van der Waals surface area (Å²) in [4.78, 5) is 0. The molecule has 0 aromatic carbocycles. The second kappa shape index (κ2) is 4.21. The van der Waals surface area contributed by atoms with Crippen LogP contribution in [0, 0.1) is 35.7 Å². The fourth-order valence-corrected chi connectivity index (χ4v) is 3.69. The van der Waals surface area contributed by atoms with Gasteiger partial charge in [-0.25, -0.2) is 13.2 Å². The van der Waals surface area contributed by atoms with Gasteiger partial charge >= 0.3 is 0 Å². The van der Waals surface area contributed by atoms with Gasteiger partial charge in [0.1, 0.15) is 0 Å². The Labute approximate surface area is 94.0 Å². The number of fused-ring (bicyclic) bond motifs is 2. The summed E-state index contributed by atoms with van der Waals surface area (Å²) in [5, 5.41) is 9.02. The smallest absolute Gasteiger partial charge is 0.294 e. The van der Waals surface area contributed by atoms with Gasteiger partial charge in [0.25, 0.3) is 6.18 Å². The van der Waals surface area contributed by atoms with E-state index in [0.29, 0.717) is 23.7 Å². The fraction of sp³-hybridized carbons (Fsp3) is 0.917. The van der Waals surface area contributed by atoms with Crippen LogP contribution in [0.15, 0.2) is 0 Å². The molecule has 1 N–H and O–H groups in total. The Balaban J connectivity index is 0.00000144. The molecule has 5 atom stereocenters. The second-order valence-corrected chi connectivity index (χ2v) is 5.52. The first-order valence-corrected chi connectivity index (χ1v) is 5.92. The van der Waals surface area contributed by atoms with Crippen LogP contribution in [0.4, 0.5) is 13.2 Å². The Morgan fingerprint density at radius 3 is 2.18 bits per heavy atom. The molecule has 2 saturated carbocycles. The van der Waals surface area contributed by atoms with Gasteiger partial charge in [0, 0.05) is 0 Å². The van der Waals surface area contributed by atoms with E-state index in [1.54, 1.807) is 0 Å². The first kappa shape index (κ1) is 13.8. The minimum absolute atomic E-state index is 0. The zero-order valence-electron chi connectivity index (χ0n) is 10.3. The summed E-state index contributed by atoms with van der Waals surface area (Å²) in [6.45, 7) is 4.32. The van der Waals surface area contributed by atoms with Crippen molar-refractivity contribution in [1.82, 2.24) is 0 Å². The van der Waals surface area contributed by atoms with Crippen LogP contribution in [-0.2, 0) is 0 Å². The summed E-state index contributed by atoms with van der Waals surface area (Å²) in [6, 6.07) is 0. The van der Waals surface area contributed by atoms with Crippen molar-refractivity contribution < 1.29 is 18.3 Å². The molecule has 17 heavy (non-hydrogen) atoms. The van der Waals surface area contributed by atoms with E-state index in [4.69, 9.17) is 5.11 Å². The number of hydrogen-bond donors (Lipinski definition) is 1. The molecular formula is C12H18F3ORf-. The third-order valence-electron chi connectivity index (χ3n) is 4.82. The van der Waals surface area contributed by atoms with Crippen LogP contribution in [0.2, 0.25) is 0 Å². The monoisotopic (exact) mass is 502 g/mol. The van der Waals surface area contributed by atoms with Crippen LogP contribution >= 0.6 is 0 Å². The standard InChI is InChI=1S/C12H18F3O.Rf/c1-6-7(2)10-4-8(6)3-9(10)5-11(16)12(13,14)15;/h6-10,16H,3-5H2,1-2H3;/q-1;. The molecule has 0 heterocycles. The van der Waals surface area contributed by atoms with Crippen molar-refractivity contribution in [1.29, 1.82) is 0 Å². The van der Waals surface area contributed by atoms with Crippen molar-refractivity contribution in [3.05, 3.63) is 6.10 Å². The minimum atomic E-state index is -4.53. The van der Waals surface area contributed by atoms with E-state index in [9.17, 15) is 13.2 Å². The van der Waals surface area contributed by atoms with E-state index in [-0.39, 0.29) is 12.3 Å². The molecule has 5 heteroatoms. The molecule has 2 aliphatic rings. The first-order chi connectivity index (χ1) is 7.30.